The van der Waals surface area contributed by atoms with Crippen molar-refractivity contribution in [2.75, 3.05) is 13.6 Å². The fourth-order valence-electron chi connectivity index (χ4n) is 2.52. The van der Waals surface area contributed by atoms with E-state index in [0.717, 1.165) is 37.6 Å². The van der Waals surface area contributed by atoms with Gasteiger partial charge in [-0.3, -0.25) is 0 Å². The van der Waals surface area contributed by atoms with E-state index in [2.05, 4.69) is 53.6 Å². The van der Waals surface area contributed by atoms with Crippen molar-refractivity contribution in [3.8, 4) is 0 Å². The third-order valence-electron chi connectivity index (χ3n) is 3.94. The van der Waals surface area contributed by atoms with Crippen LogP contribution in [0.2, 0.25) is 0 Å². The van der Waals surface area contributed by atoms with Crippen molar-refractivity contribution in [2.24, 2.45) is 5.92 Å². The third kappa shape index (κ3) is 4.14. The fourth-order valence-corrected chi connectivity index (χ4v) is 2.52. The van der Waals surface area contributed by atoms with Gasteiger partial charge in [0.2, 0.25) is 11.8 Å². The molecule has 21 heavy (non-hydrogen) atoms. The van der Waals surface area contributed by atoms with Crippen LogP contribution in [0.25, 0.3) is 0 Å². The number of hydrogen-bond acceptors (Lipinski definition) is 4. The molecule has 2 unspecified atom stereocenters. The number of hydrogen-bond donors (Lipinski definition) is 1. The zero-order valence-electron chi connectivity index (χ0n) is 13.2. The van der Waals surface area contributed by atoms with Gasteiger partial charge in [0, 0.05) is 6.42 Å². The van der Waals surface area contributed by atoms with Gasteiger partial charge in [-0.25, -0.2) is 0 Å². The SMILES string of the molecule is CCC(C)C(c1ccccc1)c1nnc(CCCNC)o1. The van der Waals surface area contributed by atoms with E-state index in [9.17, 15) is 0 Å². The summed E-state index contributed by atoms with van der Waals surface area (Å²) in [5.41, 5.74) is 1.25. The van der Waals surface area contributed by atoms with E-state index in [4.69, 9.17) is 4.42 Å². The minimum Gasteiger partial charge on any atom is -0.425 e. The lowest BCUT2D eigenvalue weighted by molar-refractivity contribution is 0.374. The lowest BCUT2D eigenvalue weighted by Crippen LogP contribution is -2.11. The predicted molar refractivity (Wildman–Crippen MR) is 84.3 cm³/mol. The maximum absolute atomic E-state index is 5.92. The molecule has 1 aromatic heterocycles. The van der Waals surface area contributed by atoms with Crippen LogP contribution in [-0.4, -0.2) is 23.8 Å². The molecule has 0 saturated carbocycles. The first kappa shape index (κ1) is 15.7. The summed E-state index contributed by atoms with van der Waals surface area (Å²) in [6.07, 6.45) is 2.92. The number of aromatic nitrogens is 2. The van der Waals surface area contributed by atoms with Crippen molar-refractivity contribution >= 4 is 0 Å². The van der Waals surface area contributed by atoms with E-state index in [0.29, 0.717) is 5.92 Å². The number of rotatable bonds is 8. The first-order valence-corrected chi connectivity index (χ1v) is 7.78. The lowest BCUT2D eigenvalue weighted by Gasteiger charge is -2.19. The highest BCUT2D eigenvalue weighted by molar-refractivity contribution is 5.25. The molecule has 0 aliphatic rings. The molecule has 0 fully saturated rings. The molecular formula is C17H25N3O. The fraction of sp³-hybridized carbons (Fsp3) is 0.529. The minimum atomic E-state index is 0.182. The molecule has 0 aliphatic heterocycles. The van der Waals surface area contributed by atoms with Gasteiger partial charge in [0.15, 0.2) is 0 Å². The molecule has 0 aliphatic carbocycles. The van der Waals surface area contributed by atoms with Crippen LogP contribution in [-0.2, 0) is 6.42 Å². The van der Waals surface area contributed by atoms with Gasteiger partial charge in [-0.05, 0) is 31.5 Å². The van der Waals surface area contributed by atoms with E-state index in [1.807, 2.05) is 13.1 Å². The maximum atomic E-state index is 5.92. The zero-order chi connectivity index (χ0) is 15.1. The van der Waals surface area contributed by atoms with Gasteiger partial charge in [0.1, 0.15) is 0 Å². The second kappa shape index (κ2) is 7.93. The maximum Gasteiger partial charge on any atom is 0.224 e. The molecule has 0 saturated heterocycles. The number of benzene rings is 1. The molecule has 114 valence electrons. The molecule has 1 aromatic carbocycles. The second-order valence-electron chi connectivity index (χ2n) is 5.52. The predicted octanol–water partition coefficient (Wildman–Crippen LogP) is 3.40. The Morgan fingerprint density at radius 3 is 2.62 bits per heavy atom. The van der Waals surface area contributed by atoms with Crippen molar-refractivity contribution in [1.82, 2.24) is 15.5 Å². The molecular weight excluding hydrogens is 262 g/mol. The number of nitrogens with zero attached hydrogens (tertiary/aromatic N) is 2. The van der Waals surface area contributed by atoms with E-state index >= 15 is 0 Å². The van der Waals surface area contributed by atoms with Crippen LogP contribution in [0.4, 0.5) is 0 Å². The summed E-state index contributed by atoms with van der Waals surface area (Å²) >= 11 is 0. The molecule has 4 nitrogen and oxygen atoms in total. The Hall–Kier alpha value is -1.68. The molecule has 0 bridgehead atoms. The van der Waals surface area contributed by atoms with Crippen LogP contribution in [0, 0.1) is 5.92 Å². The largest absolute Gasteiger partial charge is 0.425 e. The average Bonchev–Trinajstić information content (AvgIpc) is 2.97. The summed E-state index contributed by atoms with van der Waals surface area (Å²) in [4.78, 5) is 0. The highest BCUT2D eigenvalue weighted by Crippen LogP contribution is 2.32. The first-order chi connectivity index (χ1) is 10.3. The molecule has 2 aromatic rings. The summed E-state index contributed by atoms with van der Waals surface area (Å²) in [6.45, 7) is 5.40. The van der Waals surface area contributed by atoms with E-state index < -0.39 is 0 Å². The lowest BCUT2D eigenvalue weighted by atomic mass is 9.85. The Balaban J connectivity index is 2.18. The van der Waals surface area contributed by atoms with Crippen molar-refractivity contribution in [1.29, 1.82) is 0 Å². The van der Waals surface area contributed by atoms with Gasteiger partial charge in [0.05, 0.1) is 5.92 Å². The van der Waals surface area contributed by atoms with E-state index in [1.165, 1.54) is 5.56 Å². The Morgan fingerprint density at radius 2 is 1.95 bits per heavy atom. The van der Waals surface area contributed by atoms with Gasteiger partial charge < -0.3 is 9.73 Å². The van der Waals surface area contributed by atoms with Crippen LogP contribution in [0.1, 0.15) is 50.0 Å². The topological polar surface area (TPSA) is 51.0 Å². The van der Waals surface area contributed by atoms with E-state index in [-0.39, 0.29) is 5.92 Å². The Kier molecular flexibility index (Phi) is 5.93. The van der Waals surface area contributed by atoms with Crippen LogP contribution < -0.4 is 5.32 Å². The van der Waals surface area contributed by atoms with E-state index in [1.54, 1.807) is 0 Å². The Morgan fingerprint density at radius 1 is 1.19 bits per heavy atom. The van der Waals surface area contributed by atoms with Crippen LogP contribution in [0.15, 0.2) is 34.7 Å². The normalized spacial score (nSPS) is 14.0. The highest BCUT2D eigenvalue weighted by Gasteiger charge is 2.25. The van der Waals surface area contributed by atoms with Gasteiger partial charge in [-0.15, -0.1) is 10.2 Å². The summed E-state index contributed by atoms with van der Waals surface area (Å²) < 4.78 is 5.92. The van der Waals surface area contributed by atoms with Crippen LogP contribution in [0.3, 0.4) is 0 Å². The molecule has 0 amide bonds. The van der Waals surface area contributed by atoms with Crippen LogP contribution >= 0.6 is 0 Å². The Labute approximate surface area is 127 Å². The minimum absolute atomic E-state index is 0.182. The summed E-state index contributed by atoms with van der Waals surface area (Å²) in [7, 11) is 1.95. The second-order valence-corrected chi connectivity index (χ2v) is 5.52. The van der Waals surface area contributed by atoms with Gasteiger partial charge in [-0.2, -0.15) is 0 Å². The molecule has 0 radical (unpaired) electrons. The molecule has 1 heterocycles. The van der Waals surface area contributed by atoms with Gasteiger partial charge in [0.25, 0.3) is 0 Å². The van der Waals surface area contributed by atoms with Crippen LogP contribution in [0.5, 0.6) is 0 Å². The van der Waals surface area contributed by atoms with Crippen molar-refractivity contribution in [3.05, 3.63) is 47.7 Å². The number of nitrogens with one attached hydrogen (secondary N) is 1. The molecule has 2 atom stereocenters. The van der Waals surface area contributed by atoms with Crippen molar-refractivity contribution in [3.63, 3.8) is 0 Å². The quantitative estimate of drug-likeness (QED) is 0.756. The zero-order valence-corrected chi connectivity index (χ0v) is 13.2. The van der Waals surface area contributed by atoms with Crippen molar-refractivity contribution < 1.29 is 4.42 Å². The smallest absolute Gasteiger partial charge is 0.224 e. The van der Waals surface area contributed by atoms with Gasteiger partial charge >= 0.3 is 0 Å². The van der Waals surface area contributed by atoms with Gasteiger partial charge in [-0.1, -0.05) is 50.6 Å². The summed E-state index contributed by atoms with van der Waals surface area (Å²) in [5, 5.41) is 11.6. The Bertz CT molecular complexity index is 524. The standard InChI is InChI=1S/C17H25N3O/c1-4-13(2)16(14-9-6-5-7-10-14)17-20-19-15(21-17)11-8-12-18-3/h5-7,9-10,13,16,18H,4,8,11-12H2,1-3H3. The molecule has 0 spiro atoms. The number of aryl methyl sites for hydroxylation is 1. The average molecular weight is 287 g/mol. The molecule has 4 heteroatoms. The summed E-state index contributed by atoms with van der Waals surface area (Å²) in [6, 6.07) is 10.4. The molecule has 1 N–H and O–H groups in total. The third-order valence-corrected chi connectivity index (χ3v) is 3.94. The van der Waals surface area contributed by atoms with Crippen molar-refractivity contribution in [2.45, 2.75) is 39.0 Å². The first-order valence-electron chi connectivity index (χ1n) is 7.78. The summed E-state index contributed by atoms with van der Waals surface area (Å²) in [5.74, 6) is 2.14. The monoisotopic (exact) mass is 287 g/mol. The highest BCUT2D eigenvalue weighted by atomic mass is 16.4. The molecule has 2 rings (SSSR count).